The summed E-state index contributed by atoms with van der Waals surface area (Å²) in [4.78, 5) is 0. The lowest BCUT2D eigenvalue weighted by molar-refractivity contribution is 0.150. The van der Waals surface area contributed by atoms with Gasteiger partial charge in [0.25, 0.3) is 0 Å². The van der Waals surface area contributed by atoms with Crippen molar-refractivity contribution in [3.8, 4) is 6.07 Å². The molecule has 0 aliphatic heterocycles. The second-order valence-corrected chi connectivity index (χ2v) is 5.25. The predicted molar refractivity (Wildman–Crippen MR) is 93.8 cm³/mol. The van der Waals surface area contributed by atoms with Crippen LogP contribution in [0.2, 0.25) is 0 Å². The van der Waals surface area contributed by atoms with Gasteiger partial charge in [0, 0.05) is 5.56 Å². The van der Waals surface area contributed by atoms with E-state index in [0.29, 0.717) is 18.8 Å². The molecule has 3 rings (SSSR count). The molecule has 0 spiro atoms. The van der Waals surface area contributed by atoms with Crippen molar-refractivity contribution in [1.82, 2.24) is 0 Å². The minimum absolute atomic E-state index is 0.434. The summed E-state index contributed by atoms with van der Waals surface area (Å²) in [6.45, 7) is 0.951. The number of fused-ring (bicyclic) bond motifs is 1. The monoisotopic (exact) mass is 299 g/mol. The lowest BCUT2D eigenvalue weighted by Gasteiger charge is -2.08. The number of rotatable bonds is 5. The van der Waals surface area contributed by atoms with E-state index < -0.39 is 0 Å². The zero-order chi connectivity index (χ0) is 15.9. The first kappa shape index (κ1) is 15.0. The maximum atomic E-state index is 9.31. The lowest BCUT2D eigenvalue weighted by atomic mass is 10.0. The van der Waals surface area contributed by atoms with E-state index in [1.54, 1.807) is 0 Å². The van der Waals surface area contributed by atoms with Crippen LogP contribution in [0.15, 0.2) is 72.8 Å². The first-order chi connectivity index (χ1) is 11.4. The molecule has 0 amide bonds. The maximum Gasteiger partial charge on any atom is 0.0995 e. The van der Waals surface area contributed by atoms with E-state index in [2.05, 4.69) is 24.3 Å². The fraction of sp³-hybridized carbons (Fsp3) is 0.0952. The van der Waals surface area contributed by atoms with Crippen molar-refractivity contribution in [2.75, 3.05) is 6.61 Å². The fourth-order valence-corrected chi connectivity index (χ4v) is 2.57. The van der Waals surface area contributed by atoms with Gasteiger partial charge in [-0.3, -0.25) is 0 Å². The van der Waals surface area contributed by atoms with Crippen LogP contribution in [0.5, 0.6) is 0 Å². The van der Waals surface area contributed by atoms with Crippen molar-refractivity contribution in [2.24, 2.45) is 0 Å². The highest BCUT2D eigenvalue weighted by atomic mass is 16.5. The molecular formula is C21H17NO. The Morgan fingerprint density at radius 3 is 2.52 bits per heavy atom. The Balaban J connectivity index is 1.70. The third kappa shape index (κ3) is 3.66. The van der Waals surface area contributed by atoms with Crippen molar-refractivity contribution in [3.63, 3.8) is 0 Å². The summed E-state index contributed by atoms with van der Waals surface area (Å²) in [5.74, 6) is 0. The molecule has 0 fully saturated rings. The average Bonchev–Trinajstić information content (AvgIpc) is 2.62. The molecule has 0 bridgehead atoms. The second-order valence-electron chi connectivity index (χ2n) is 5.25. The SMILES string of the molecule is N#Cc1ccc2ccccc2c1COC/C=C/c1ccccc1. The van der Waals surface area contributed by atoms with Gasteiger partial charge in [-0.1, -0.05) is 72.8 Å². The molecule has 2 nitrogen and oxygen atoms in total. The summed E-state index contributed by atoms with van der Waals surface area (Å²) in [6, 6.07) is 24.3. The fourth-order valence-electron chi connectivity index (χ4n) is 2.57. The van der Waals surface area contributed by atoms with E-state index in [-0.39, 0.29) is 0 Å². The van der Waals surface area contributed by atoms with Crippen molar-refractivity contribution in [3.05, 3.63) is 89.5 Å². The molecule has 0 atom stereocenters. The smallest absolute Gasteiger partial charge is 0.0995 e. The number of hydrogen-bond donors (Lipinski definition) is 0. The van der Waals surface area contributed by atoms with Gasteiger partial charge in [-0.15, -0.1) is 0 Å². The first-order valence-corrected chi connectivity index (χ1v) is 7.58. The number of hydrogen-bond acceptors (Lipinski definition) is 2. The van der Waals surface area contributed by atoms with Gasteiger partial charge in [0.1, 0.15) is 0 Å². The third-order valence-electron chi connectivity index (χ3n) is 3.73. The third-order valence-corrected chi connectivity index (χ3v) is 3.73. The molecule has 112 valence electrons. The molecule has 0 heterocycles. The minimum Gasteiger partial charge on any atom is -0.373 e. The molecule has 0 unspecified atom stereocenters. The molecule has 0 N–H and O–H groups in total. The molecule has 0 saturated carbocycles. The summed E-state index contributed by atoms with van der Waals surface area (Å²) >= 11 is 0. The van der Waals surface area contributed by atoms with Crippen LogP contribution in [-0.2, 0) is 11.3 Å². The van der Waals surface area contributed by atoms with Gasteiger partial charge in [-0.2, -0.15) is 5.26 Å². The molecule has 23 heavy (non-hydrogen) atoms. The summed E-state index contributed by atoms with van der Waals surface area (Å²) in [5.41, 5.74) is 2.79. The van der Waals surface area contributed by atoms with E-state index in [1.807, 2.05) is 60.7 Å². The molecule has 0 radical (unpaired) electrons. The van der Waals surface area contributed by atoms with E-state index in [4.69, 9.17) is 4.74 Å². The van der Waals surface area contributed by atoms with Crippen LogP contribution in [0.1, 0.15) is 16.7 Å². The molecule has 3 aromatic carbocycles. The highest BCUT2D eigenvalue weighted by Crippen LogP contribution is 2.23. The van der Waals surface area contributed by atoms with E-state index >= 15 is 0 Å². The predicted octanol–water partition coefficient (Wildman–Crippen LogP) is 4.94. The van der Waals surface area contributed by atoms with Crippen molar-refractivity contribution in [2.45, 2.75) is 6.61 Å². The van der Waals surface area contributed by atoms with Crippen LogP contribution < -0.4 is 0 Å². The summed E-state index contributed by atoms with van der Waals surface area (Å²) in [6.07, 6.45) is 4.03. The Bertz CT molecular complexity index is 860. The lowest BCUT2D eigenvalue weighted by Crippen LogP contribution is -1.97. The largest absolute Gasteiger partial charge is 0.373 e. The van der Waals surface area contributed by atoms with Crippen molar-refractivity contribution < 1.29 is 4.74 Å². The van der Waals surface area contributed by atoms with Crippen LogP contribution in [0.4, 0.5) is 0 Å². The van der Waals surface area contributed by atoms with Gasteiger partial charge < -0.3 is 4.74 Å². The molecule has 0 aliphatic rings. The van der Waals surface area contributed by atoms with E-state index in [0.717, 1.165) is 21.9 Å². The Kier molecular flexibility index (Phi) is 4.83. The van der Waals surface area contributed by atoms with Gasteiger partial charge in [-0.05, 0) is 22.4 Å². The van der Waals surface area contributed by atoms with Crippen molar-refractivity contribution >= 4 is 16.8 Å². The quantitative estimate of drug-likeness (QED) is 0.625. The van der Waals surface area contributed by atoms with Gasteiger partial charge in [0.15, 0.2) is 0 Å². The summed E-state index contributed by atoms with van der Waals surface area (Å²) in [5, 5.41) is 11.5. The molecule has 0 aliphatic carbocycles. The maximum absolute atomic E-state index is 9.31. The summed E-state index contributed by atoms with van der Waals surface area (Å²) < 4.78 is 5.75. The van der Waals surface area contributed by atoms with Crippen LogP contribution in [0.3, 0.4) is 0 Å². The Morgan fingerprint density at radius 2 is 1.70 bits per heavy atom. The van der Waals surface area contributed by atoms with Crippen molar-refractivity contribution in [1.29, 1.82) is 5.26 Å². The van der Waals surface area contributed by atoms with Crippen LogP contribution >= 0.6 is 0 Å². The molecule has 3 aromatic rings. The average molecular weight is 299 g/mol. The van der Waals surface area contributed by atoms with E-state index in [1.165, 1.54) is 0 Å². The summed E-state index contributed by atoms with van der Waals surface area (Å²) in [7, 11) is 0. The minimum atomic E-state index is 0.434. The Hall–Kier alpha value is -2.89. The number of ether oxygens (including phenoxy) is 1. The van der Waals surface area contributed by atoms with Crippen LogP contribution in [-0.4, -0.2) is 6.61 Å². The van der Waals surface area contributed by atoms with Crippen LogP contribution in [0, 0.1) is 11.3 Å². The van der Waals surface area contributed by atoms with Gasteiger partial charge in [0.2, 0.25) is 0 Å². The number of nitriles is 1. The Morgan fingerprint density at radius 1 is 0.913 bits per heavy atom. The molecule has 2 heteroatoms. The van der Waals surface area contributed by atoms with Crippen LogP contribution in [0.25, 0.3) is 16.8 Å². The molecule has 0 aromatic heterocycles. The number of benzene rings is 3. The molecule has 0 saturated heterocycles. The molecular weight excluding hydrogens is 282 g/mol. The van der Waals surface area contributed by atoms with Gasteiger partial charge in [0.05, 0.1) is 24.8 Å². The van der Waals surface area contributed by atoms with Gasteiger partial charge >= 0.3 is 0 Å². The first-order valence-electron chi connectivity index (χ1n) is 7.58. The normalized spacial score (nSPS) is 10.9. The standard InChI is InChI=1S/C21H17NO/c22-15-19-13-12-18-10-4-5-11-20(18)21(19)16-23-14-6-9-17-7-2-1-3-8-17/h1-13H,14,16H2/b9-6+. The number of nitrogens with zero attached hydrogens (tertiary/aromatic N) is 1. The van der Waals surface area contributed by atoms with Gasteiger partial charge in [-0.25, -0.2) is 0 Å². The van der Waals surface area contributed by atoms with E-state index in [9.17, 15) is 5.26 Å². The second kappa shape index (κ2) is 7.40. The zero-order valence-electron chi connectivity index (χ0n) is 12.8. The Labute approximate surface area is 136 Å². The topological polar surface area (TPSA) is 33.0 Å². The zero-order valence-corrected chi connectivity index (χ0v) is 12.8. The highest BCUT2D eigenvalue weighted by Gasteiger charge is 2.06. The highest BCUT2D eigenvalue weighted by molar-refractivity contribution is 5.87.